The Bertz CT molecular complexity index is 255. The highest BCUT2D eigenvalue weighted by Crippen LogP contribution is 2.21. The number of hydrogen-bond donors (Lipinski definition) is 2. The predicted molar refractivity (Wildman–Crippen MR) is 57.3 cm³/mol. The molecule has 15 heavy (non-hydrogen) atoms. The number of Topliss-reactive ketones (excluding diaryl/α,β-unsaturated/α-hetero) is 1. The van der Waals surface area contributed by atoms with Crippen molar-refractivity contribution in [2.75, 3.05) is 26.7 Å². The lowest BCUT2D eigenvalue weighted by molar-refractivity contribution is -0.121. The summed E-state index contributed by atoms with van der Waals surface area (Å²) in [6.07, 6.45) is 0.830. The summed E-state index contributed by atoms with van der Waals surface area (Å²) in [5.74, 6) is 0.425. The Morgan fingerprint density at radius 3 is 2.67 bits per heavy atom. The lowest BCUT2D eigenvalue weighted by Gasteiger charge is -2.14. The van der Waals surface area contributed by atoms with Crippen molar-refractivity contribution in [3.63, 3.8) is 0 Å². The lowest BCUT2D eigenvalue weighted by atomic mass is 10.0. The molecule has 1 fully saturated rings. The fourth-order valence-corrected chi connectivity index (χ4v) is 2.06. The van der Waals surface area contributed by atoms with E-state index in [1.165, 1.54) is 0 Å². The summed E-state index contributed by atoms with van der Waals surface area (Å²) in [6, 6.07) is 0.0183. The summed E-state index contributed by atoms with van der Waals surface area (Å²) >= 11 is 0. The second-order valence-corrected chi connectivity index (χ2v) is 4.18. The van der Waals surface area contributed by atoms with E-state index < -0.39 is 0 Å². The third-order valence-corrected chi connectivity index (χ3v) is 2.88. The summed E-state index contributed by atoms with van der Waals surface area (Å²) in [5, 5.41) is 2.75. The van der Waals surface area contributed by atoms with Crippen LogP contribution < -0.4 is 11.1 Å². The first-order valence-corrected chi connectivity index (χ1v) is 5.22. The minimum Gasteiger partial charge on any atom is -0.355 e. The number of amides is 1. The van der Waals surface area contributed by atoms with Crippen molar-refractivity contribution < 1.29 is 9.59 Å². The molecule has 1 aliphatic heterocycles. The highest BCUT2D eigenvalue weighted by Gasteiger charge is 2.32. The Labute approximate surface area is 90.0 Å². The molecule has 1 saturated heterocycles. The van der Waals surface area contributed by atoms with Crippen molar-refractivity contribution in [2.45, 2.75) is 19.4 Å². The zero-order chi connectivity index (χ0) is 11.4. The maximum absolute atomic E-state index is 11.2. The van der Waals surface area contributed by atoms with E-state index in [0.717, 1.165) is 13.0 Å². The zero-order valence-corrected chi connectivity index (χ0v) is 9.32. The third-order valence-electron chi connectivity index (χ3n) is 2.88. The molecule has 1 rings (SSSR count). The number of likely N-dealkylation sites (tertiary alicyclic amines) is 1. The Morgan fingerprint density at radius 2 is 2.20 bits per heavy atom. The maximum atomic E-state index is 11.2. The van der Waals surface area contributed by atoms with Gasteiger partial charge in [-0.05, 0) is 26.3 Å². The zero-order valence-electron chi connectivity index (χ0n) is 9.32. The third kappa shape index (κ3) is 3.28. The first-order valence-electron chi connectivity index (χ1n) is 5.22. The van der Waals surface area contributed by atoms with E-state index in [4.69, 9.17) is 5.73 Å². The summed E-state index contributed by atoms with van der Waals surface area (Å²) < 4.78 is 0. The van der Waals surface area contributed by atoms with E-state index in [0.29, 0.717) is 12.5 Å². The van der Waals surface area contributed by atoms with Gasteiger partial charge in [0.25, 0.3) is 0 Å². The van der Waals surface area contributed by atoms with E-state index >= 15 is 0 Å². The van der Waals surface area contributed by atoms with Gasteiger partial charge in [-0.3, -0.25) is 14.5 Å². The predicted octanol–water partition coefficient (Wildman–Crippen LogP) is -1.03. The van der Waals surface area contributed by atoms with E-state index in [1.54, 1.807) is 6.92 Å². The highest BCUT2D eigenvalue weighted by molar-refractivity contribution is 5.81. The van der Waals surface area contributed by atoms with Gasteiger partial charge in [0.05, 0.1) is 12.6 Å². The molecule has 1 heterocycles. The smallest absolute Gasteiger partial charge is 0.233 e. The number of carbonyl (C=O) groups excluding carboxylic acids is 2. The van der Waals surface area contributed by atoms with Gasteiger partial charge in [-0.1, -0.05) is 0 Å². The van der Waals surface area contributed by atoms with Gasteiger partial charge in [0.2, 0.25) is 5.91 Å². The number of likely N-dealkylation sites (N-methyl/N-ethyl adjacent to an activating group) is 1. The van der Waals surface area contributed by atoms with Crippen LogP contribution >= 0.6 is 0 Å². The molecule has 5 heteroatoms. The van der Waals surface area contributed by atoms with Crippen LogP contribution in [0.5, 0.6) is 0 Å². The Kier molecular flexibility index (Phi) is 4.23. The number of hydrogen-bond acceptors (Lipinski definition) is 4. The molecule has 0 aromatic heterocycles. The molecule has 0 saturated carbocycles. The van der Waals surface area contributed by atoms with Crippen molar-refractivity contribution in [2.24, 2.45) is 11.7 Å². The molecule has 0 aromatic carbocycles. The SMILES string of the molecule is CC(=O)[C@@H]1C[C@@H](CNC(=O)CN)CN1C. The first-order chi connectivity index (χ1) is 7.04. The lowest BCUT2D eigenvalue weighted by Crippen LogP contribution is -2.34. The molecule has 1 amide bonds. The van der Waals surface area contributed by atoms with Crippen molar-refractivity contribution in [3.8, 4) is 0 Å². The number of nitrogens with two attached hydrogens (primary N) is 1. The van der Waals surface area contributed by atoms with Gasteiger partial charge in [0.15, 0.2) is 0 Å². The second-order valence-electron chi connectivity index (χ2n) is 4.18. The van der Waals surface area contributed by atoms with E-state index in [2.05, 4.69) is 5.32 Å². The number of ketones is 1. The number of rotatable bonds is 4. The van der Waals surface area contributed by atoms with Crippen LogP contribution in [0.25, 0.3) is 0 Å². The van der Waals surface area contributed by atoms with Gasteiger partial charge in [-0.25, -0.2) is 0 Å². The molecular formula is C10H19N3O2. The van der Waals surface area contributed by atoms with Gasteiger partial charge < -0.3 is 11.1 Å². The summed E-state index contributed by atoms with van der Waals surface area (Å²) in [4.78, 5) is 24.2. The largest absolute Gasteiger partial charge is 0.355 e. The van der Waals surface area contributed by atoms with E-state index in [9.17, 15) is 9.59 Å². The van der Waals surface area contributed by atoms with E-state index in [-0.39, 0.29) is 24.3 Å². The van der Waals surface area contributed by atoms with Crippen LogP contribution in [0, 0.1) is 5.92 Å². The molecule has 0 spiro atoms. The maximum Gasteiger partial charge on any atom is 0.233 e. The molecule has 0 aromatic rings. The van der Waals surface area contributed by atoms with Crippen molar-refractivity contribution in [3.05, 3.63) is 0 Å². The molecular weight excluding hydrogens is 194 g/mol. The highest BCUT2D eigenvalue weighted by atomic mass is 16.1. The van der Waals surface area contributed by atoms with Gasteiger partial charge in [0, 0.05) is 13.1 Å². The molecule has 5 nitrogen and oxygen atoms in total. The molecule has 2 atom stereocenters. The summed E-state index contributed by atoms with van der Waals surface area (Å²) in [6.45, 7) is 3.11. The van der Waals surface area contributed by atoms with Crippen LogP contribution in [-0.2, 0) is 9.59 Å². The Balaban J connectivity index is 2.35. The van der Waals surface area contributed by atoms with Crippen LogP contribution in [-0.4, -0.2) is 49.3 Å². The topological polar surface area (TPSA) is 75.4 Å². The Morgan fingerprint density at radius 1 is 1.53 bits per heavy atom. The van der Waals surface area contributed by atoms with Crippen LogP contribution in [0.2, 0.25) is 0 Å². The van der Waals surface area contributed by atoms with Crippen LogP contribution in [0.4, 0.5) is 0 Å². The van der Waals surface area contributed by atoms with Gasteiger partial charge >= 0.3 is 0 Å². The molecule has 86 valence electrons. The fraction of sp³-hybridized carbons (Fsp3) is 0.800. The summed E-state index contributed by atoms with van der Waals surface area (Å²) in [7, 11) is 1.94. The Hall–Kier alpha value is -0.940. The first kappa shape index (κ1) is 12.1. The molecule has 3 N–H and O–H groups in total. The normalized spacial score (nSPS) is 26.6. The average molecular weight is 213 g/mol. The molecule has 0 aliphatic carbocycles. The molecule has 0 unspecified atom stereocenters. The van der Waals surface area contributed by atoms with E-state index in [1.807, 2.05) is 11.9 Å². The monoisotopic (exact) mass is 213 g/mol. The van der Waals surface area contributed by atoms with Crippen LogP contribution in [0.3, 0.4) is 0 Å². The van der Waals surface area contributed by atoms with Crippen molar-refractivity contribution >= 4 is 11.7 Å². The molecule has 0 radical (unpaired) electrons. The fourth-order valence-electron chi connectivity index (χ4n) is 2.06. The minimum absolute atomic E-state index is 0.0183. The quantitative estimate of drug-likeness (QED) is 0.626. The summed E-state index contributed by atoms with van der Waals surface area (Å²) in [5.41, 5.74) is 5.18. The number of nitrogens with one attached hydrogen (secondary N) is 1. The minimum atomic E-state index is -0.135. The van der Waals surface area contributed by atoms with Crippen molar-refractivity contribution in [1.29, 1.82) is 0 Å². The van der Waals surface area contributed by atoms with Crippen molar-refractivity contribution in [1.82, 2.24) is 10.2 Å². The second kappa shape index (κ2) is 5.23. The number of carbonyl (C=O) groups is 2. The van der Waals surface area contributed by atoms with Crippen LogP contribution in [0.15, 0.2) is 0 Å². The number of nitrogens with zero attached hydrogens (tertiary/aromatic N) is 1. The van der Waals surface area contributed by atoms with Gasteiger partial charge in [0.1, 0.15) is 5.78 Å². The van der Waals surface area contributed by atoms with Gasteiger partial charge in [-0.15, -0.1) is 0 Å². The standard InChI is InChI=1S/C10H19N3O2/c1-7(14)9-3-8(6-13(9)2)5-12-10(15)4-11/h8-9H,3-6,11H2,1-2H3,(H,12,15)/t8-,9-/m0/s1. The molecule has 1 aliphatic rings. The van der Waals surface area contributed by atoms with Crippen LogP contribution in [0.1, 0.15) is 13.3 Å². The molecule has 0 bridgehead atoms. The average Bonchev–Trinajstić information content (AvgIpc) is 2.56. The van der Waals surface area contributed by atoms with Gasteiger partial charge in [-0.2, -0.15) is 0 Å².